The first-order chi connectivity index (χ1) is 11.6. The Morgan fingerprint density at radius 1 is 1.29 bits per heavy atom. The summed E-state index contributed by atoms with van der Waals surface area (Å²) in [5.41, 5.74) is 0.901. The molecule has 0 spiro atoms. The summed E-state index contributed by atoms with van der Waals surface area (Å²) >= 11 is 10.3. The smallest absolute Gasteiger partial charge is 0.325 e. The van der Waals surface area contributed by atoms with Gasteiger partial charge in [-0.15, -0.1) is 5.11 Å². The molecule has 0 radical (unpaired) electrons. The second-order valence-electron chi connectivity index (χ2n) is 4.48. The van der Waals surface area contributed by atoms with Crippen LogP contribution in [0.2, 0.25) is 5.15 Å². The van der Waals surface area contributed by atoms with Crippen LogP contribution in [0.4, 0.5) is 17.2 Å². The molecule has 0 bridgehead atoms. The van der Waals surface area contributed by atoms with Gasteiger partial charge in [0.1, 0.15) is 12.4 Å². The van der Waals surface area contributed by atoms with E-state index in [1.807, 2.05) is 18.2 Å². The standard InChI is InChI=1S/C15H16ClN5O2S/c1-2-23-12(22)8-17-15-13(14(16)18-11(9-24)19-15)21-20-10-6-4-3-5-7-10/h3-7,24H,2,8-9H2,1H3,(H,17,18,19)/b21-20+. The minimum Gasteiger partial charge on any atom is -0.465 e. The van der Waals surface area contributed by atoms with E-state index in [4.69, 9.17) is 16.3 Å². The number of esters is 1. The number of azo groups is 1. The third-order valence-corrected chi connectivity index (χ3v) is 3.30. The van der Waals surface area contributed by atoms with Crippen molar-refractivity contribution in [1.29, 1.82) is 0 Å². The molecule has 1 aromatic carbocycles. The number of ether oxygens (including phenoxy) is 1. The van der Waals surface area contributed by atoms with E-state index in [1.54, 1.807) is 19.1 Å². The number of hydrogen-bond donors (Lipinski definition) is 2. The zero-order valence-corrected chi connectivity index (χ0v) is 14.6. The molecule has 0 fully saturated rings. The van der Waals surface area contributed by atoms with Gasteiger partial charge in [-0.1, -0.05) is 29.8 Å². The van der Waals surface area contributed by atoms with Gasteiger partial charge in [0.15, 0.2) is 16.7 Å². The van der Waals surface area contributed by atoms with E-state index in [0.29, 0.717) is 29.7 Å². The largest absolute Gasteiger partial charge is 0.465 e. The fourth-order valence-electron chi connectivity index (χ4n) is 1.72. The van der Waals surface area contributed by atoms with Crippen molar-refractivity contribution in [2.75, 3.05) is 18.5 Å². The van der Waals surface area contributed by atoms with Crippen LogP contribution < -0.4 is 5.32 Å². The van der Waals surface area contributed by atoms with Gasteiger partial charge >= 0.3 is 5.97 Å². The molecule has 1 N–H and O–H groups in total. The number of carbonyl (C=O) groups excluding carboxylic acids is 1. The first-order valence-corrected chi connectivity index (χ1v) is 8.18. The maximum Gasteiger partial charge on any atom is 0.325 e. The molecule has 0 unspecified atom stereocenters. The minimum atomic E-state index is -0.411. The molecule has 0 saturated heterocycles. The third kappa shape index (κ3) is 5.17. The van der Waals surface area contributed by atoms with Crippen LogP contribution in [0.25, 0.3) is 0 Å². The van der Waals surface area contributed by atoms with Crippen molar-refractivity contribution in [3.63, 3.8) is 0 Å². The number of benzene rings is 1. The Morgan fingerprint density at radius 3 is 2.71 bits per heavy atom. The average Bonchev–Trinajstić information content (AvgIpc) is 2.59. The number of halogens is 1. The van der Waals surface area contributed by atoms with E-state index >= 15 is 0 Å². The summed E-state index contributed by atoms with van der Waals surface area (Å²) in [5, 5.41) is 11.2. The number of aromatic nitrogens is 2. The molecular formula is C15H16ClN5O2S. The van der Waals surface area contributed by atoms with Crippen LogP contribution in [0.1, 0.15) is 12.7 Å². The molecule has 1 aromatic heterocycles. The van der Waals surface area contributed by atoms with Gasteiger partial charge in [0.25, 0.3) is 0 Å². The first-order valence-electron chi connectivity index (χ1n) is 7.17. The summed E-state index contributed by atoms with van der Waals surface area (Å²) in [7, 11) is 0. The molecule has 1 heterocycles. The van der Waals surface area contributed by atoms with Crippen molar-refractivity contribution >= 4 is 47.4 Å². The summed E-state index contributed by atoms with van der Waals surface area (Å²) in [5.74, 6) is 0.593. The van der Waals surface area contributed by atoms with Gasteiger partial charge in [0.05, 0.1) is 18.0 Å². The average molecular weight is 366 g/mol. The van der Waals surface area contributed by atoms with Crippen molar-refractivity contribution < 1.29 is 9.53 Å². The lowest BCUT2D eigenvalue weighted by atomic mass is 10.3. The van der Waals surface area contributed by atoms with E-state index in [1.165, 1.54) is 0 Å². The van der Waals surface area contributed by atoms with E-state index in [0.717, 1.165) is 0 Å². The summed E-state index contributed by atoms with van der Waals surface area (Å²) < 4.78 is 4.87. The lowest BCUT2D eigenvalue weighted by Gasteiger charge is -2.09. The van der Waals surface area contributed by atoms with Gasteiger partial charge < -0.3 is 10.1 Å². The molecule has 0 amide bonds. The molecule has 126 valence electrons. The second kappa shape index (κ2) is 9.19. The van der Waals surface area contributed by atoms with Crippen molar-refractivity contribution in [1.82, 2.24) is 9.97 Å². The Hall–Kier alpha value is -2.19. The number of thiol groups is 1. The molecule has 2 aromatic rings. The van der Waals surface area contributed by atoms with Crippen molar-refractivity contribution in [2.45, 2.75) is 12.7 Å². The normalized spacial score (nSPS) is 10.8. The van der Waals surface area contributed by atoms with E-state index in [9.17, 15) is 4.79 Å². The summed E-state index contributed by atoms with van der Waals surface area (Å²) in [6.07, 6.45) is 0. The van der Waals surface area contributed by atoms with Gasteiger partial charge in [-0.2, -0.15) is 17.7 Å². The molecule has 0 saturated carbocycles. The number of carbonyl (C=O) groups is 1. The molecule has 0 aliphatic carbocycles. The number of hydrogen-bond acceptors (Lipinski definition) is 8. The van der Waals surface area contributed by atoms with Gasteiger partial charge in [0.2, 0.25) is 0 Å². The quantitative estimate of drug-likeness (QED) is 0.335. The SMILES string of the molecule is CCOC(=O)CNc1nc(CS)nc(Cl)c1/N=N/c1ccccc1. The number of anilines is 1. The lowest BCUT2D eigenvalue weighted by Crippen LogP contribution is -2.18. The van der Waals surface area contributed by atoms with Crippen molar-refractivity contribution in [3.05, 3.63) is 41.3 Å². The van der Waals surface area contributed by atoms with E-state index in [-0.39, 0.29) is 17.4 Å². The van der Waals surface area contributed by atoms with Gasteiger partial charge in [-0.05, 0) is 19.1 Å². The Morgan fingerprint density at radius 2 is 2.04 bits per heavy atom. The highest BCUT2D eigenvalue weighted by atomic mass is 35.5. The molecule has 0 aliphatic rings. The number of rotatable bonds is 7. The van der Waals surface area contributed by atoms with Crippen LogP contribution >= 0.6 is 24.2 Å². The first kappa shape index (κ1) is 18.2. The molecular weight excluding hydrogens is 350 g/mol. The van der Waals surface area contributed by atoms with Gasteiger partial charge in [0, 0.05) is 0 Å². The van der Waals surface area contributed by atoms with Crippen LogP contribution in [0.15, 0.2) is 40.6 Å². The topological polar surface area (TPSA) is 88.8 Å². The predicted octanol–water partition coefficient (Wildman–Crippen LogP) is 3.95. The Labute approximate surface area is 149 Å². The van der Waals surface area contributed by atoms with Crippen molar-refractivity contribution in [2.24, 2.45) is 10.2 Å². The fraction of sp³-hybridized carbons (Fsp3) is 0.267. The highest BCUT2D eigenvalue weighted by Gasteiger charge is 2.14. The molecule has 7 nitrogen and oxygen atoms in total. The van der Waals surface area contributed by atoms with Crippen molar-refractivity contribution in [3.8, 4) is 0 Å². The Bertz CT molecular complexity index is 727. The molecule has 9 heteroatoms. The van der Waals surface area contributed by atoms with Crippen LogP contribution in [0, 0.1) is 0 Å². The highest BCUT2D eigenvalue weighted by molar-refractivity contribution is 7.79. The molecule has 2 rings (SSSR count). The predicted molar refractivity (Wildman–Crippen MR) is 95.5 cm³/mol. The van der Waals surface area contributed by atoms with Crippen LogP contribution in [0.5, 0.6) is 0 Å². The minimum absolute atomic E-state index is 0.0684. The second-order valence-corrected chi connectivity index (χ2v) is 5.15. The molecule has 0 atom stereocenters. The van der Waals surface area contributed by atoms with E-state index in [2.05, 4.69) is 38.1 Å². The maximum absolute atomic E-state index is 11.5. The fourth-order valence-corrected chi connectivity index (χ4v) is 2.09. The number of nitrogens with one attached hydrogen (secondary N) is 1. The third-order valence-electron chi connectivity index (χ3n) is 2.76. The Balaban J connectivity index is 2.27. The molecule has 24 heavy (non-hydrogen) atoms. The van der Waals surface area contributed by atoms with Crippen LogP contribution in [-0.4, -0.2) is 29.1 Å². The monoisotopic (exact) mass is 365 g/mol. The van der Waals surface area contributed by atoms with Crippen LogP contribution in [0.3, 0.4) is 0 Å². The van der Waals surface area contributed by atoms with Gasteiger partial charge in [-0.25, -0.2) is 9.97 Å². The summed E-state index contributed by atoms with van der Waals surface area (Å²) in [6, 6.07) is 9.16. The zero-order valence-electron chi connectivity index (χ0n) is 12.9. The summed E-state index contributed by atoms with van der Waals surface area (Å²) in [6.45, 7) is 1.96. The summed E-state index contributed by atoms with van der Waals surface area (Å²) in [4.78, 5) is 19.9. The van der Waals surface area contributed by atoms with Gasteiger partial charge in [-0.3, -0.25) is 4.79 Å². The maximum atomic E-state index is 11.5. The van der Waals surface area contributed by atoms with E-state index < -0.39 is 5.97 Å². The zero-order chi connectivity index (χ0) is 17.4. The number of nitrogens with zero attached hydrogens (tertiary/aromatic N) is 4. The van der Waals surface area contributed by atoms with Crippen LogP contribution in [-0.2, 0) is 15.3 Å². The highest BCUT2D eigenvalue weighted by Crippen LogP contribution is 2.32. The Kier molecular flexibility index (Phi) is 6.95. The lowest BCUT2D eigenvalue weighted by molar-refractivity contribution is -0.140. The molecule has 0 aliphatic heterocycles.